The van der Waals surface area contributed by atoms with Crippen LogP contribution in [-0.2, 0) is 11.2 Å². The lowest BCUT2D eigenvalue weighted by atomic mass is 9.98. The molecule has 1 aromatic carbocycles. The van der Waals surface area contributed by atoms with Crippen LogP contribution in [0.4, 0.5) is 0 Å². The van der Waals surface area contributed by atoms with Gasteiger partial charge < -0.3 is 14.9 Å². The number of phenolic OH excluding ortho intramolecular Hbond substituents is 2. The van der Waals surface area contributed by atoms with E-state index in [0.29, 0.717) is 29.7 Å². The Balaban J connectivity index is 3.17. The summed E-state index contributed by atoms with van der Waals surface area (Å²) in [6.07, 6.45) is 7.67. The molecule has 0 aromatic heterocycles. The first-order valence-electron chi connectivity index (χ1n) is 8.06. The van der Waals surface area contributed by atoms with Crippen LogP contribution in [0.3, 0.4) is 0 Å². The van der Waals surface area contributed by atoms with E-state index in [1.54, 1.807) is 19.2 Å². The van der Waals surface area contributed by atoms with E-state index in [0.717, 1.165) is 12.1 Å². The summed E-state index contributed by atoms with van der Waals surface area (Å²) in [5, 5.41) is 20.1. The molecule has 130 valence electrons. The molecule has 1 atom stereocenters. The van der Waals surface area contributed by atoms with Crippen molar-refractivity contribution in [3.63, 3.8) is 0 Å². The highest BCUT2D eigenvalue weighted by atomic mass is 16.5. The van der Waals surface area contributed by atoms with Gasteiger partial charge in [0.2, 0.25) is 0 Å². The first-order chi connectivity index (χ1) is 11.4. The van der Waals surface area contributed by atoms with Gasteiger partial charge in [0, 0.05) is 31.7 Å². The van der Waals surface area contributed by atoms with Crippen LogP contribution in [0.25, 0.3) is 5.76 Å². The normalized spacial score (nSPS) is 13.0. The summed E-state index contributed by atoms with van der Waals surface area (Å²) in [6, 6.07) is 2.89. The van der Waals surface area contributed by atoms with Gasteiger partial charge in [-0.15, -0.1) is 6.58 Å². The van der Waals surface area contributed by atoms with Crippen LogP contribution in [0, 0.1) is 0 Å². The number of aliphatic imine (C=N–C) groups is 1. The summed E-state index contributed by atoms with van der Waals surface area (Å²) in [6.45, 7) is 11.6. The molecule has 1 rings (SSSR count). The van der Waals surface area contributed by atoms with Crippen molar-refractivity contribution in [1.82, 2.24) is 0 Å². The Morgan fingerprint density at radius 3 is 2.67 bits per heavy atom. The maximum atomic E-state index is 10.3. The third-order valence-electron chi connectivity index (χ3n) is 3.51. The zero-order chi connectivity index (χ0) is 18.1. The molecule has 2 N–H and O–H groups in total. The highest BCUT2D eigenvalue weighted by molar-refractivity contribution is 5.97. The van der Waals surface area contributed by atoms with Crippen LogP contribution < -0.4 is 0 Å². The summed E-state index contributed by atoms with van der Waals surface area (Å²) >= 11 is 0. The minimum atomic E-state index is -0.102. The molecule has 0 saturated heterocycles. The van der Waals surface area contributed by atoms with Gasteiger partial charge in [0.25, 0.3) is 0 Å². The Morgan fingerprint density at radius 1 is 1.38 bits per heavy atom. The zero-order valence-electron chi connectivity index (χ0n) is 14.7. The van der Waals surface area contributed by atoms with Gasteiger partial charge in [0.15, 0.2) is 0 Å². The molecule has 0 spiro atoms. The topological polar surface area (TPSA) is 62.0 Å². The molecular weight excluding hydrogens is 302 g/mol. The van der Waals surface area contributed by atoms with E-state index < -0.39 is 0 Å². The van der Waals surface area contributed by atoms with Crippen LogP contribution in [0.15, 0.2) is 48.5 Å². The fourth-order valence-corrected chi connectivity index (χ4v) is 2.38. The Morgan fingerprint density at radius 2 is 2.08 bits per heavy atom. The van der Waals surface area contributed by atoms with Gasteiger partial charge in [-0.1, -0.05) is 25.7 Å². The summed E-state index contributed by atoms with van der Waals surface area (Å²) in [5.41, 5.74) is 2.05. The maximum absolute atomic E-state index is 10.3. The number of aromatic hydroxyl groups is 2. The largest absolute Gasteiger partial charge is 0.508 e. The smallest absolute Gasteiger partial charge is 0.130 e. The fourth-order valence-electron chi connectivity index (χ4n) is 2.38. The van der Waals surface area contributed by atoms with E-state index in [1.165, 1.54) is 6.07 Å². The molecule has 0 amide bonds. The van der Waals surface area contributed by atoms with Crippen LogP contribution in [0.2, 0.25) is 0 Å². The first kappa shape index (κ1) is 19.6. The average molecular weight is 329 g/mol. The third kappa shape index (κ3) is 5.61. The van der Waals surface area contributed by atoms with E-state index in [-0.39, 0.29) is 17.6 Å². The minimum Gasteiger partial charge on any atom is -0.508 e. The van der Waals surface area contributed by atoms with Gasteiger partial charge in [-0.25, -0.2) is 0 Å². The predicted octanol–water partition coefficient (Wildman–Crippen LogP) is 4.63. The van der Waals surface area contributed by atoms with Crippen LogP contribution in [0.5, 0.6) is 11.5 Å². The highest BCUT2D eigenvalue weighted by Crippen LogP contribution is 2.34. The predicted molar refractivity (Wildman–Crippen MR) is 101 cm³/mol. The van der Waals surface area contributed by atoms with Crippen molar-refractivity contribution in [2.75, 3.05) is 7.05 Å². The molecule has 4 nitrogen and oxygen atoms in total. The molecular formula is C20H27NO3. The Hall–Kier alpha value is -2.49. The van der Waals surface area contributed by atoms with Crippen molar-refractivity contribution in [2.24, 2.45) is 4.99 Å². The van der Waals surface area contributed by atoms with E-state index in [1.807, 2.05) is 26.0 Å². The van der Waals surface area contributed by atoms with Crippen molar-refractivity contribution >= 4 is 11.5 Å². The molecule has 0 aliphatic rings. The molecule has 0 saturated carbocycles. The standard InChI is InChI=1S/C20H27NO3/c1-6-8-10-17(21-5)11-16-12-18(22)13-19(23)20(16)15(4)24-14(3)9-7-2/h7-8,10,12-14,22-23H,2,4,6,9,11H2,1,3,5H3/b10-8+,21-17?. The van der Waals surface area contributed by atoms with Gasteiger partial charge in [-0.2, -0.15) is 0 Å². The lowest BCUT2D eigenvalue weighted by Gasteiger charge is -2.19. The number of benzene rings is 1. The van der Waals surface area contributed by atoms with Crippen molar-refractivity contribution in [3.05, 3.63) is 54.6 Å². The Kier molecular flexibility index (Phi) is 7.83. The van der Waals surface area contributed by atoms with Gasteiger partial charge >= 0.3 is 0 Å². The zero-order valence-corrected chi connectivity index (χ0v) is 14.7. The monoisotopic (exact) mass is 329 g/mol. The van der Waals surface area contributed by atoms with Crippen LogP contribution >= 0.6 is 0 Å². The maximum Gasteiger partial charge on any atom is 0.130 e. The molecule has 0 aliphatic heterocycles. The van der Waals surface area contributed by atoms with E-state index in [2.05, 4.69) is 18.2 Å². The van der Waals surface area contributed by atoms with E-state index >= 15 is 0 Å². The summed E-state index contributed by atoms with van der Waals surface area (Å²) in [5.74, 6) is 0.301. The Bertz CT molecular complexity index is 645. The van der Waals surface area contributed by atoms with Crippen molar-refractivity contribution in [3.8, 4) is 11.5 Å². The van der Waals surface area contributed by atoms with Crippen LogP contribution in [0.1, 0.15) is 37.8 Å². The molecule has 1 unspecified atom stereocenters. The number of phenols is 2. The van der Waals surface area contributed by atoms with Crippen molar-refractivity contribution < 1.29 is 14.9 Å². The number of nitrogens with zero attached hydrogens (tertiary/aromatic N) is 1. The lowest BCUT2D eigenvalue weighted by molar-refractivity contribution is 0.188. The van der Waals surface area contributed by atoms with E-state index in [4.69, 9.17) is 4.74 Å². The van der Waals surface area contributed by atoms with Crippen LogP contribution in [-0.4, -0.2) is 29.1 Å². The lowest BCUT2D eigenvalue weighted by Crippen LogP contribution is -2.09. The minimum absolute atomic E-state index is 0.00638. The first-order valence-corrected chi connectivity index (χ1v) is 8.06. The SMILES string of the molecule is C=CCC(C)OC(=C)c1c(O)cc(O)cc1CC(/C=C/CC)=NC. The third-order valence-corrected chi connectivity index (χ3v) is 3.51. The van der Waals surface area contributed by atoms with Crippen molar-refractivity contribution in [1.29, 1.82) is 0 Å². The fraction of sp³-hybridized carbons (Fsp3) is 0.350. The summed E-state index contributed by atoms with van der Waals surface area (Å²) < 4.78 is 5.77. The number of hydrogen-bond donors (Lipinski definition) is 2. The molecule has 0 heterocycles. The molecule has 1 aromatic rings. The summed E-state index contributed by atoms with van der Waals surface area (Å²) in [7, 11) is 1.72. The molecule has 24 heavy (non-hydrogen) atoms. The number of allylic oxidation sites excluding steroid dienone is 2. The number of rotatable bonds is 9. The van der Waals surface area contributed by atoms with Gasteiger partial charge in [0.1, 0.15) is 17.3 Å². The number of hydrogen-bond acceptors (Lipinski definition) is 4. The van der Waals surface area contributed by atoms with E-state index in [9.17, 15) is 10.2 Å². The average Bonchev–Trinajstić information content (AvgIpc) is 2.50. The van der Waals surface area contributed by atoms with Gasteiger partial charge in [0.05, 0.1) is 11.7 Å². The number of ether oxygens (including phenoxy) is 1. The second-order valence-electron chi connectivity index (χ2n) is 5.58. The second kappa shape index (κ2) is 9.60. The van der Waals surface area contributed by atoms with Gasteiger partial charge in [-0.05, 0) is 31.1 Å². The molecule has 0 fully saturated rings. The van der Waals surface area contributed by atoms with Gasteiger partial charge in [-0.3, -0.25) is 4.99 Å². The quantitative estimate of drug-likeness (QED) is 0.394. The molecule has 4 heteroatoms. The molecule has 0 bridgehead atoms. The highest BCUT2D eigenvalue weighted by Gasteiger charge is 2.17. The molecule has 0 aliphatic carbocycles. The Labute approximate surface area is 144 Å². The van der Waals surface area contributed by atoms with Crippen molar-refractivity contribution in [2.45, 2.75) is 39.2 Å². The molecule has 0 radical (unpaired) electrons. The second-order valence-corrected chi connectivity index (χ2v) is 5.58. The summed E-state index contributed by atoms with van der Waals surface area (Å²) in [4.78, 5) is 4.25.